The zero-order valence-electron chi connectivity index (χ0n) is 15.5. The van der Waals surface area contributed by atoms with Crippen molar-refractivity contribution in [1.29, 1.82) is 0 Å². The van der Waals surface area contributed by atoms with Crippen LogP contribution < -0.4 is 0 Å². The number of aromatic nitrogens is 3. The lowest BCUT2D eigenvalue weighted by Crippen LogP contribution is -2.42. The molecule has 138 valence electrons. The summed E-state index contributed by atoms with van der Waals surface area (Å²) in [5.41, 5.74) is 2.75. The predicted octanol–water partition coefficient (Wildman–Crippen LogP) is 2.55. The Labute approximate surface area is 158 Å². The second kappa shape index (κ2) is 7.39. The molecule has 1 N–H and O–H groups in total. The van der Waals surface area contributed by atoms with Gasteiger partial charge in [0.1, 0.15) is 17.6 Å². The Morgan fingerprint density at radius 2 is 2.07 bits per heavy atom. The first-order chi connectivity index (χ1) is 13.1. The quantitative estimate of drug-likeness (QED) is 0.723. The van der Waals surface area contributed by atoms with Gasteiger partial charge in [-0.1, -0.05) is 17.0 Å². The summed E-state index contributed by atoms with van der Waals surface area (Å²) >= 11 is 0. The van der Waals surface area contributed by atoms with Gasteiger partial charge in [-0.25, -0.2) is 4.98 Å². The Morgan fingerprint density at radius 1 is 1.30 bits per heavy atom. The van der Waals surface area contributed by atoms with Crippen LogP contribution in [0.4, 0.5) is 0 Å². The van der Waals surface area contributed by atoms with Crippen LogP contribution in [-0.4, -0.2) is 44.9 Å². The molecule has 1 saturated heterocycles. The highest BCUT2D eigenvalue weighted by Crippen LogP contribution is 2.22. The Morgan fingerprint density at radius 3 is 2.78 bits per heavy atom. The average Bonchev–Trinajstić information content (AvgIpc) is 3.28. The molecule has 1 aromatic carbocycles. The number of hydrogen-bond acceptors (Lipinski definition) is 5. The summed E-state index contributed by atoms with van der Waals surface area (Å²) in [6, 6.07) is 9.93. The number of hydrogen-bond donors (Lipinski definition) is 1. The van der Waals surface area contributed by atoms with E-state index in [1.807, 2.05) is 41.1 Å². The third-order valence-corrected chi connectivity index (χ3v) is 4.67. The van der Waals surface area contributed by atoms with Gasteiger partial charge in [-0.15, -0.1) is 0 Å². The second-order valence-corrected chi connectivity index (χ2v) is 7.04. The molecular weight excluding hydrogens is 340 g/mol. The monoisotopic (exact) mass is 362 g/mol. The zero-order valence-corrected chi connectivity index (χ0v) is 15.5. The van der Waals surface area contributed by atoms with Gasteiger partial charge in [0, 0.05) is 48.6 Å². The third-order valence-electron chi connectivity index (χ3n) is 4.67. The molecule has 0 saturated carbocycles. The molecule has 1 unspecified atom stereocenters. The molecule has 2 aromatic heterocycles. The van der Waals surface area contributed by atoms with E-state index in [1.165, 1.54) is 0 Å². The standard InChI is InChI=1S/C21H22N4O2/c1-15(26)21-22-9-10-25(21)14-19-11-20(27-23-19)18-7-5-16(6-8-18)3-4-17-12-24(2)13-17/h5-11,15,17,26H,12-14H2,1-2H3. The van der Waals surface area contributed by atoms with Gasteiger partial charge in [-0.3, -0.25) is 0 Å². The molecule has 4 rings (SSSR count). The van der Waals surface area contributed by atoms with E-state index in [0.717, 1.165) is 29.9 Å². The maximum atomic E-state index is 9.75. The Kier molecular flexibility index (Phi) is 4.80. The van der Waals surface area contributed by atoms with Crippen LogP contribution in [0.15, 0.2) is 47.2 Å². The van der Waals surface area contributed by atoms with E-state index in [0.29, 0.717) is 24.0 Å². The van der Waals surface area contributed by atoms with E-state index in [-0.39, 0.29) is 0 Å². The number of benzene rings is 1. The number of aliphatic hydroxyl groups is 1. The summed E-state index contributed by atoms with van der Waals surface area (Å²) in [6.07, 6.45) is 2.87. The number of nitrogens with zero attached hydrogens (tertiary/aromatic N) is 4. The van der Waals surface area contributed by atoms with E-state index in [9.17, 15) is 5.11 Å². The first-order valence-electron chi connectivity index (χ1n) is 9.03. The molecule has 1 atom stereocenters. The Hall–Kier alpha value is -2.88. The fraction of sp³-hybridized carbons (Fsp3) is 0.333. The molecule has 1 aliphatic heterocycles. The van der Waals surface area contributed by atoms with Crippen LogP contribution in [0.1, 0.15) is 30.1 Å². The molecule has 1 fully saturated rings. The lowest BCUT2D eigenvalue weighted by atomic mass is 10.0. The maximum absolute atomic E-state index is 9.75. The number of likely N-dealkylation sites (tertiary alicyclic amines) is 1. The Balaban J connectivity index is 1.44. The van der Waals surface area contributed by atoms with E-state index >= 15 is 0 Å². The molecule has 3 aromatic rings. The van der Waals surface area contributed by atoms with Gasteiger partial charge in [0.05, 0.1) is 6.54 Å². The third kappa shape index (κ3) is 3.95. The Bertz CT molecular complexity index is 970. The van der Waals surface area contributed by atoms with Crippen LogP contribution in [-0.2, 0) is 6.54 Å². The minimum Gasteiger partial charge on any atom is -0.385 e. The molecule has 6 heteroatoms. The summed E-state index contributed by atoms with van der Waals surface area (Å²) in [4.78, 5) is 6.43. The van der Waals surface area contributed by atoms with Crippen molar-refractivity contribution in [2.45, 2.75) is 19.6 Å². The van der Waals surface area contributed by atoms with E-state index < -0.39 is 6.10 Å². The van der Waals surface area contributed by atoms with Crippen LogP contribution >= 0.6 is 0 Å². The van der Waals surface area contributed by atoms with Crippen molar-refractivity contribution in [1.82, 2.24) is 19.6 Å². The fourth-order valence-corrected chi connectivity index (χ4v) is 3.21. The van der Waals surface area contributed by atoms with Crippen molar-refractivity contribution in [3.05, 3.63) is 59.8 Å². The van der Waals surface area contributed by atoms with Crippen molar-refractivity contribution in [2.75, 3.05) is 20.1 Å². The number of aliphatic hydroxyl groups excluding tert-OH is 1. The van der Waals surface area contributed by atoms with Gasteiger partial charge in [-0.05, 0) is 38.2 Å². The number of imidazole rings is 1. The smallest absolute Gasteiger partial charge is 0.167 e. The molecule has 1 aliphatic rings. The van der Waals surface area contributed by atoms with Crippen molar-refractivity contribution in [2.24, 2.45) is 5.92 Å². The summed E-state index contributed by atoms with van der Waals surface area (Å²) in [6.45, 7) is 4.31. The largest absolute Gasteiger partial charge is 0.385 e. The average molecular weight is 362 g/mol. The van der Waals surface area contributed by atoms with Crippen molar-refractivity contribution < 1.29 is 9.63 Å². The molecule has 27 heavy (non-hydrogen) atoms. The van der Waals surface area contributed by atoms with Crippen LogP contribution in [0.2, 0.25) is 0 Å². The van der Waals surface area contributed by atoms with E-state index in [2.05, 4.69) is 33.9 Å². The minimum atomic E-state index is -0.625. The number of rotatable bonds is 4. The molecule has 0 bridgehead atoms. The summed E-state index contributed by atoms with van der Waals surface area (Å²) in [5, 5.41) is 13.9. The second-order valence-electron chi connectivity index (χ2n) is 7.04. The fourth-order valence-electron chi connectivity index (χ4n) is 3.21. The van der Waals surface area contributed by atoms with Gasteiger partial charge in [0.25, 0.3) is 0 Å². The molecule has 0 amide bonds. The summed E-state index contributed by atoms with van der Waals surface area (Å²) < 4.78 is 7.35. The topological polar surface area (TPSA) is 67.3 Å². The maximum Gasteiger partial charge on any atom is 0.167 e. The molecule has 0 spiro atoms. The van der Waals surface area contributed by atoms with Gasteiger partial charge in [0.15, 0.2) is 5.76 Å². The molecule has 0 aliphatic carbocycles. The van der Waals surface area contributed by atoms with E-state index in [4.69, 9.17) is 4.52 Å². The van der Waals surface area contributed by atoms with Gasteiger partial charge in [-0.2, -0.15) is 0 Å². The van der Waals surface area contributed by atoms with Crippen molar-refractivity contribution >= 4 is 0 Å². The first-order valence-corrected chi connectivity index (χ1v) is 9.03. The minimum absolute atomic E-state index is 0.487. The summed E-state index contributed by atoms with van der Waals surface area (Å²) in [7, 11) is 2.11. The lowest BCUT2D eigenvalue weighted by molar-refractivity contribution is 0.177. The van der Waals surface area contributed by atoms with Crippen LogP contribution in [0.25, 0.3) is 11.3 Å². The van der Waals surface area contributed by atoms with Crippen LogP contribution in [0.5, 0.6) is 0 Å². The van der Waals surface area contributed by atoms with Crippen molar-refractivity contribution in [3.63, 3.8) is 0 Å². The first kappa shape index (κ1) is 17.5. The molecular formula is C21H22N4O2. The highest BCUT2D eigenvalue weighted by molar-refractivity contribution is 5.59. The highest BCUT2D eigenvalue weighted by atomic mass is 16.5. The van der Waals surface area contributed by atoms with Gasteiger partial charge in [0.2, 0.25) is 0 Å². The molecule has 3 heterocycles. The molecule has 6 nitrogen and oxygen atoms in total. The SMILES string of the molecule is CC(O)c1nccn1Cc1cc(-c2ccc(C#CC3CN(C)C3)cc2)on1. The van der Waals surface area contributed by atoms with Crippen LogP contribution in [0.3, 0.4) is 0 Å². The molecule has 0 radical (unpaired) electrons. The van der Waals surface area contributed by atoms with Crippen molar-refractivity contribution in [3.8, 4) is 23.2 Å². The zero-order chi connectivity index (χ0) is 18.8. The highest BCUT2D eigenvalue weighted by Gasteiger charge is 2.20. The lowest BCUT2D eigenvalue weighted by Gasteiger charge is -2.32. The van der Waals surface area contributed by atoms with Gasteiger partial charge >= 0.3 is 0 Å². The van der Waals surface area contributed by atoms with Gasteiger partial charge < -0.3 is 19.1 Å². The normalized spacial score (nSPS) is 15.8. The van der Waals surface area contributed by atoms with Crippen LogP contribution in [0, 0.1) is 17.8 Å². The van der Waals surface area contributed by atoms with E-state index in [1.54, 1.807) is 13.1 Å². The predicted molar refractivity (Wildman–Crippen MR) is 102 cm³/mol. The summed E-state index contributed by atoms with van der Waals surface area (Å²) in [5.74, 6) is 8.36.